The van der Waals surface area contributed by atoms with E-state index in [4.69, 9.17) is 0 Å². The molecule has 1 fully saturated rings. The highest BCUT2D eigenvalue weighted by molar-refractivity contribution is 8.13. The molecule has 3 heteroatoms. The van der Waals surface area contributed by atoms with Crippen LogP contribution in [0, 0.1) is 5.92 Å². The molecular weight excluding hydrogens is 242 g/mol. The first-order chi connectivity index (χ1) is 8.84. The molecule has 3 rings (SSSR count). The third kappa shape index (κ3) is 2.46. The number of pyridine rings is 1. The summed E-state index contributed by atoms with van der Waals surface area (Å²) in [7, 11) is 0. The lowest BCUT2D eigenvalue weighted by Gasteiger charge is -2.00. The van der Waals surface area contributed by atoms with Crippen molar-refractivity contribution in [2.75, 3.05) is 0 Å². The molecular formula is C15H13NOS. The maximum atomic E-state index is 12.1. The Bertz CT molecular complexity index is 541. The first-order valence-electron chi connectivity index (χ1n) is 6.02. The molecule has 1 aliphatic rings. The number of nitrogens with zero attached hydrogens (tertiary/aromatic N) is 1. The molecule has 2 nitrogen and oxygen atoms in total. The fourth-order valence-corrected chi connectivity index (χ4v) is 2.99. The average molecular weight is 255 g/mol. The van der Waals surface area contributed by atoms with Gasteiger partial charge in [0.15, 0.2) is 5.12 Å². The summed E-state index contributed by atoms with van der Waals surface area (Å²) in [6, 6.07) is 15.9. The molecule has 2 atom stereocenters. The second kappa shape index (κ2) is 4.94. The summed E-state index contributed by atoms with van der Waals surface area (Å²) in [5, 5.41) is 1.03. The normalized spacial score (nSPS) is 21.6. The molecule has 0 saturated heterocycles. The van der Waals surface area contributed by atoms with Crippen LogP contribution in [0.1, 0.15) is 17.9 Å². The number of thioether (sulfide) groups is 1. The Kier molecular flexibility index (Phi) is 3.15. The summed E-state index contributed by atoms with van der Waals surface area (Å²) in [6.45, 7) is 0. The van der Waals surface area contributed by atoms with Crippen LogP contribution in [-0.2, 0) is 4.79 Å². The highest BCUT2D eigenvalue weighted by atomic mass is 32.2. The van der Waals surface area contributed by atoms with Crippen molar-refractivity contribution >= 4 is 16.9 Å². The van der Waals surface area contributed by atoms with Gasteiger partial charge in [-0.05, 0) is 41.8 Å². The molecule has 0 unspecified atom stereocenters. The first kappa shape index (κ1) is 11.5. The number of rotatable bonds is 3. The van der Waals surface area contributed by atoms with Crippen LogP contribution in [0.15, 0.2) is 59.8 Å². The number of hydrogen-bond donors (Lipinski definition) is 0. The van der Waals surface area contributed by atoms with Crippen molar-refractivity contribution < 1.29 is 4.79 Å². The highest BCUT2D eigenvalue weighted by Gasteiger charge is 2.43. The van der Waals surface area contributed by atoms with E-state index in [1.165, 1.54) is 17.3 Å². The molecule has 0 radical (unpaired) electrons. The zero-order valence-electron chi connectivity index (χ0n) is 9.82. The van der Waals surface area contributed by atoms with Crippen LogP contribution in [0.4, 0.5) is 0 Å². The maximum absolute atomic E-state index is 12.1. The Morgan fingerprint density at radius 1 is 1.11 bits per heavy atom. The molecule has 90 valence electrons. The minimum atomic E-state index is 0.166. The van der Waals surface area contributed by atoms with Gasteiger partial charge < -0.3 is 0 Å². The van der Waals surface area contributed by atoms with Crippen LogP contribution in [0.5, 0.6) is 0 Å². The minimum Gasteiger partial charge on any atom is -0.286 e. The zero-order valence-corrected chi connectivity index (χ0v) is 10.6. The summed E-state index contributed by atoms with van der Waals surface area (Å²) < 4.78 is 0. The van der Waals surface area contributed by atoms with Crippen molar-refractivity contribution in [3.05, 3.63) is 60.3 Å². The molecule has 1 heterocycles. The fourth-order valence-electron chi connectivity index (χ4n) is 2.11. The molecule has 1 saturated carbocycles. The fraction of sp³-hybridized carbons (Fsp3) is 0.200. The molecule has 0 bridgehead atoms. The van der Waals surface area contributed by atoms with Crippen molar-refractivity contribution in [2.45, 2.75) is 17.4 Å². The van der Waals surface area contributed by atoms with Gasteiger partial charge in [-0.3, -0.25) is 4.79 Å². The van der Waals surface area contributed by atoms with Crippen LogP contribution in [0.3, 0.4) is 0 Å². The van der Waals surface area contributed by atoms with Crippen LogP contribution in [-0.4, -0.2) is 10.1 Å². The number of carbonyl (C=O) groups excluding carboxylic acids is 1. The van der Waals surface area contributed by atoms with E-state index in [1.807, 2.05) is 36.4 Å². The monoisotopic (exact) mass is 255 g/mol. The quantitative estimate of drug-likeness (QED) is 0.786. The lowest BCUT2D eigenvalue weighted by atomic mass is 10.1. The van der Waals surface area contributed by atoms with Gasteiger partial charge >= 0.3 is 0 Å². The Labute approximate surface area is 110 Å². The number of hydrogen-bond acceptors (Lipinski definition) is 3. The van der Waals surface area contributed by atoms with Gasteiger partial charge in [0.1, 0.15) is 5.03 Å². The van der Waals surface area contributed by atoms with E-state index < -0.39 is 0 Å². The first-order valence-corrected chi connectivity index (χ1v) is 6.84. The van der Waals surface area contributed by atoms with Gasteiger partial charge in [0, 0.05) is 12.1 Å². The molecule has 0 N–H and O–H groups in total. The second-order valence-electron chi connectivity index (χ2n) is 4.45. The van der Waals surface area contributed by atoms with E-state index in [0.29, 0.717) is 5.92 Å². The van der Waals surface area contributed by atoms with E-state index >= 15 is 0 Å². The molecule has 1 aliphatic carbocycles. The molecule has 1 aromatic carbocycles. The molecule has 1 aromatic heterocycles. The summed E-state index contributed by atoms with van der Waals surface area (Å²) in [5.74, 6) is 0.578. The van der Waals surface area contributed by atoms with E-state index in [2.05, 4.69) is 17.1 Å². The highest BCUT2D eigenvalue weighted by Crippen LogP contribution is 2.50. The molecule has 0 amide bonds. The molecule has 18 heavy (non-hydrogen) atoms. The van der Waals surface area contributed by atoms with Crippen LogP contribution >= 0.6 is 11.8 Å². The molecule has 0 aliphatic heterocycles. The van der Waals surface area contributed by atoms with E-state index in [1.54, 1.807) is 6.20 Å². The van der Waals surface area contributed by atoms with Gasteiger partial charge in [-0.15, -0.1) is 0 Å². The van der Waals surface area contributed by atoms with Crippen molar-refractivity contribution in [3.63, 3.8) is 0 Å². The third-order valence-electron chi connectivity index (χ3n) is 3.16. The SMILES string of the molecule is O=C(Sc1ccccn1)[C@@H]1C[C@H]1c1ccccc1. The van der Waals surface area contributed by atoms with Crippen molar-refractivity contribution in [1.82, 2.24) is 4.98 Å². The second-order valence-corrected chi connectivity index (χ2v) is 5.47. The van der Waals surface area contributed by atoms with E-state index in [0.717, 1.165) is 11.4 Å². The molecule has 0 spiro atoms. The van der Waals surface area contributed by atoms with Gasteiger partial charge in [0.2, 0.25) is 0 Å². The Hall–Kier alpha value is -1.61. The van der Waals surface area contributed by atoms with Gasteiger partial charge in [-0.25, -0.2) is 4.98 Å². The summed E-state index contributed by atoms with van der Waals surface area (Å²) in [6.07, 6.45) is 2.69. The van der Waals surface area contributed by atoms with Gasteiger partial charge in [0.25, 0.3) is 0 Å². The third-order valence-corrected chi connectivity index (χ3v) is 4.12. The lowest BCUT2D eigenvalue weighted by Crippen LogP contribution is -1.97. The number of aromatic nitrogens is 1. The standard InChI is InChI=1S/C15H13NOS/c17-15(18-14-8-4-5-9-16-14)13-10-12(13)11-6-2-1-3-7-11/h1-9,12-13H,10H2/t12-,13+/m0/s1. The lowest BCUT2D eigenvalue weighted by molar-refractivity contribution is -0.112. The summed E-state index contributed by atoms with van der Waals surface area (Å²) >= 11 is 1.26. The zero-order chi connectivity index (χ0) is 12.4. The van der Waals surface area contributed by atoms with Gasteiger partial charge in [0.05, 0.1) is 0 Å². The van der Waals surface area contributed by atoms with Gasteiger partial charge in [-0.1, -0.05) is 36.4 Å². The average Bonchev–Trinajstić information content (AvgIpc) is 3.21. The van der Waals surface area contributed by atoms with Crippen LogP contribution in [0.25, 0.3) is 0 Å². The molecule has 2 aromatic rings. The predicted molar refractivity (Wildman–Crippen MR) is 72.4 cm³/mol. The predicted octanol–water partition coefficient (Wildman–Crippen LogP) is 3.50. The summed E-state index contributed by atoms with van der Waals surface area (Å²) in [4.78, 5) is 16.3. The number of benzene rings is 1. The topological polar surface area (TPSA) is 30.0 Å². The smallest absolute Gasteiger partial charge is 0.198 e. The summed E-state index contributed by atoms with van der Waals surface area (Å²) in [5.41, 5.74) is 1.28. The van der Waals surface area contributed by atoms with Crippen molar-refractivity contribution in [1.29, 1.82) is 0 Å². The minimum absolute atomic E-state index is 0.166. The van der Waals surface area contributed by atoms with E-state index in [9.17, 15) is 4.79 Å². The Balaban J connectivity index is 1.63. The van der Waals surface area contributed by atoms with Gasteiger partial charge in [-0.2, -0.15) is 0 Å². The van der Waals surface area contributed by atoms with Crippen molar-refractivity contribution in [3.8, 4) is 0 Å². The van der Waals surface area contributed by atoms with Crippen molar-refractivity contribution in [2.24, 2.45) is 5.92 Å². The number of carbonyl (C=O) groups is 1. The van der Waals surface area contributed by atoms with E-state index in [-0.39, 0.29) is 11.0 Å². The Morgan fingerprint density at radius 2 is 1.89 bits per heavy atom. The largest absolute Gasteiger partial charge is 0.286 e. The van der Waals surface area contributed by atoms with Crippen LogP contribution < -0.4 is 0 Å². The van der Waals surface area contributed by atoms with Crippen LogP contribution in [0.2, 0.25) is 0 Å². The maximum Gasteiger partial charge on any atom is 0.198 e. The Morgan fingerprint density at radius 3 is 2.61 bits per heavy atom.